The molecular weight excluding hydrogens is 268 g/mol. The summed E-state index contributed by atoms with van der Waals surface area (Å²) in [5, 5.41) is 3.70. The van der Waals surface area contributed by atoms with Crippen molar-refractivity contribution in [1.29, 1.82) is 0 Å². The maximum absolute atomic E-state index is 11.9. The van der Waals surface area contributed by atoms with Crippen molar-refractivity contribution in [1.82, 2.24) is 4.98 Å². The van der Waals surface area contributed by atoms with Gasteiger partial charge in [0.05, 0.1) is 24.5 Å². The minimum Gasteiger partial charge on any atom is -0.462 e. The fourth-order valence-electron chi connectivity index (χ4n) is 2.51. The van der Waals surface area contributed by atoms with Gasteiger partial charge in [-0.25, -0.2) is 9.78 Å². The first-order valence-electron chi connectivity index (χ1n) is 6.42. The molecule has 2 aliphatic rings. The van der Waals surface area contributed by atoms with Gasteiger partial charge in [-0.2, -0.15) is 0 Å². The number of esters is 1. The molecule has 1 saturated carbocycles. The number of nitrogens with one attached hydrogen (secondary N) is 1. The maximum Gasteiger partial charge on any atom is 0.341 e. The van der Waals surface area contributed by atoms with Gasteiger partial charge in [-0.3, -0.25) is 0 Å². The molecule has 1 aromatic heterocycles. The van der Waals surface area contributed by atoms with Crippen LogP contribution in [0, 0.1) is 0 Å². The van der Waals surface area contributed by atoms with Crippen LogP contribution in [0.5, 0.6) is 0 Å². The second kappa shape index (κ2) is 4.98. The van der Waals surface area contributed by atoms with Crippen LogP contribution in [-0.2, 0) is 9.47 Å². The van der Waals surface area contributed by atoms with Crippen LogP contribution in [0.3, 0.4) is 0 Å². The monoisotopic (exact) mass is 282 g/mol. The summed E-state index contributed by atoms with van der Waals surface area (Å²) >= 11 is 5.89. The van der Waals surface area contributed by atoms with E-state index in [1.54, 1.807) is 13.0 Å². The van der Waals surface area contributed by atoms with Crippen LogP contribution in [0.4, 0.5) is 5.69 Å². The first kappa shape index (κ1) is 12.7. The van der Waals surface area contributed by atoms with E-state index in [2.05, 4.69) is 10.3 Å². The molecule has 1 N–H and O–H groups in total. The molecule has 3 rings (SSSR count). The van der Waals surface area contributed by atoms with Crippen molar-refractivity contribution in [3.8, 4) is 0 Å². The van der Waals surface area contributed by atoms with Gasteiger partial charge >= 0.3 is 5.97 Å². The number of rotatable bonds is 4. The lowest BCUT2D eigenvalue weighted by Crippen LogP contribution is -2.20. The number of hydrogen-bond acceptors (Lipinski definition) is 5. The number of fused-ring (bicyclic) bond motifs is 1. The predicted molar refractivity (Wildman–Crippen MR) is 70.5 cm³/mol. The van der Waals surface area contributed by atoms with E-state index < -0.39 is 0 Å². The molecule has 0 radical (unpaired) electrons. The van der Waals surface area contributed by atoms with E-state index in [1.807, 2.05) is 0 Å². The lowest BCUT2D eigenvalue weighted by molar-refractivity contribution is 0.0527. The molecule has 0 aromatic carbocycles. The molecule has 0 amide bonds. The summed E-state index contributed by atoms with van der Waals surface area (Å²) in [7, 11) is 0. The van der Waals surface area contributed by atoms with Crippen molar-refractivity contribution in [2.75, 3.05) is 11.9 Å². The van der Waals surface area contributed by atoms with Gasteiger partial charge < -0.3 is 14.8 Å². The number of ether oxygens (including phenoxy) is 2. The van der Waals surface area contributed by atoms with E-state index in [0.29, 0.717) is 41.3 Å². The van der Waals surface area contributed by atoms with Gasteiger partial charge in [0.2, 0.25) is 0 Å². The van der Waals surface area contributed by atoms with Crippen molar-refractivity contribution in [3.05, 3.63) is 23.0 Å². The third-order valence-electron chi connectivity index (χ3n) is 3.45. The van der Waals surface area contributed by atoms with E-state index >= 15 is 0 Å². The smallest absolute Gasteiger partial charge is 0.341 e. The molecule has 5 nitrogen and oxygen atoms in total. The van der Waals surface area contributed by atoms with Crippen molar-refractivity contribution in [2.24, 2.45) is 0 Å². The van der Waals surface area contributed by atoms with Crippen LogP contribution in [0.1, 0.15) is 30.1 Å². The fraction of sp³-hybridized carbons (Fsp3) is 0.538. The van der Waals surface area contributed by atoms with Crippen LogP contribution < -0.4 is 5.32 Å². The molecule has 102 valence electrons. The van der Waals surface area contributed by atoms with Crippen LogP contribution in [0.25, 0.3) is 0 Å². The Morgan fingerprint density at radius 2 is 2.32 bits per heavy atom. The number of epoxide rings is 1. The van der Waals surface area contributed by atoms with Gasteiger partial charge in [0.25, 0.3) is 0 Å². The highest BCUT2D eigenvalue weighted by molar-refractivity contribution is 6.29. The Bertz CT molecular complexity index is 499. The van der Waals surface area contributed by atoms with Crippen LogP contribution in [0.15, 0.2) is 12.3 Å². The quantitative estimate of drug-likeness (QED) is 0.521. The lowest BCUT2D eigenvalue weighted by atomic mass is 10.2. The number of carbonyl (C=O) groups is 1. The zero-order valence-corrected chi connectivity index (χ0v) is 11.3. The van der Waals surface area contributed by atoms with Crippen molar-refractivity contribution in [2.45, 2.75) is 38.0 Å². The highest BCUT2D eigenvalue weighted by Crippen LogP contribution is 2.40. The molecular formula is C13H15ClN2O3. The second-order valence-corrected chi connectivity index (χ2v) is 5.19. The molecule has 0 spiro atoms. The summed E-state index contributed by atoms with van der Waals surface area (Å²) in [6, 6.07) is 1.98. The number of halogens is 1. The maximum atomic E-state index is 11.9. The van der Waals surface area contributed by atoms with Gasteiger partial charge in [0, 0.05) is 12.2 Å². The SMILES string of the molecule is CCOC(=O)c1cnc(Cl)cc1NC1CC2OC2C1. The zero-order chi connectivity index (χ0) is 13.4. The first-order chi connectivity index (χ1) is 9.17. The third-order valence-corrected chi connectivity index (χ3v) is 3.65. The van der Waals surface area contributed by atoms with E-state index in [-0.39, 0.29) is 5.97 Å². The number of aromatic nitrogens is 1. The van der Waals surface area contributed by atoms with Gasteiger partial charge in [0.15, 0.2) is 0 Å². The summed E-state index contributed by atoms with van der Waals surface area (Å²) in [6.45, 7) is 2.11. The second-order valence-electron chi connectivity index (χ2n) is 4.80. The molecule has 2 atom stereocenters. The summed E-state index contributed by atoms with van der Waals surface area (Å²) in [4.78, 5) is 15.8. The van der Waals surface area contributed by atoms with Gasteiger partial charge in [-0.1, -0.05) is 11.6 Å². The number of pyridine rings is 1. The molecule has 0 bridgehead atoms. The molecule has 2 unspecified atom stereocenters. The number of anilines is 1. The molecule has 6 heteroatoms. The average Bonchev–Trinajstić information content (AvgIpc) is 2.97. The zero-order valence-electron chi connectivity index (χ0n) is 10.6. The van der Waals surface area contributed by atoms with Crippen LogP contribution in [0.2, 0.25) is 5.15 Å². The number of nitrogens with zero attached hydrogens (tertiary/aromatic N) is 1. The van der Waals surface area contributed by atoms with Crippen molar-refractivity contribution >= 4 is 23.3 Å². The fourth-order valence-corrected chi connectivity index (χ4v) is 2.67. The standard InChI is InChI=1S/C13H15ClN2O3/c1-2-18-13(17)8-6-15-12(14)5-9(8)16-7-3-10-11(4-7)19-10/h5-7,10-11H,2-4H2,1H3,(H,15,16). The first-order valence-corrected chi connectivity index (χ1v) is 6.80. The molecule has 1 aromatic rings. The summed E-state index contributed by atoms with van der Waals surface area (Å²) in [5.74, 6) is -0.381. The minimum absolute atomic E-state index is 0.315. The minimum atomic E-state index is -0.381. The summed E-state index contributed by atoms with van der Waals surface area (Å²) in [6.07, 6.45) is 4.16. The average molecular weight is 283 g/mol. The Balaban J connectivity index is 1.77. The Morgan fingerprint density at radius 1 is 1.58 bits per heavy atom. The summed E-state index contributed by atoms with van der Waals surface area (Å²) in [5.41, 5.74) is 1.11. The van der Waals surface area contributed by atoms with E-state index in [4.69, 9.17) is 21.1 Å². The topological polar surface area (TPSA) is 63.8 Å². The highest BCUT2D eigenvalue weighted by atomic mass is 35.5. The Kier molecular flexibility index (Phi) is 3.33. The largest absolute Gasteiger partial charge is 0.462 e. The number of carbonyl (C=O) groups excluding carboxylic acids is 1. The molecule has 1 saturated heterocycles. The van der Waals surface area contributed by atoms with Crippen LogP contribution in [-0.4, -0.2) is 35.8 Å². The third kappa shape index (κ3) is 2.67. The van der Waals surface area contributed by atoms with Crippen LogP contribution >= 0.6 is 11.6 Å². The normalized spacial score (nSPS) is 27.8. The molecule has 1 aliphatic heterocycles. The molecule has 1 aliphatic carbocycles. The van der Waals surface area contributed by atoms with Gasteiger partial charge in [0.1, 0.15) is 10.7 Å². The lowest BCUT2D eigenvalue weighted by Gasteiger charge is -2.17. The van der Waals surface area contributed by atoms with Gasteiger partial charge in [-0.05, 0) is 25.8 Å². The molecule has 2 fully saturated rings. The van der Waals surface area contributed by atoms with Gasteiger partial charge in [-0.15, -0.1) is 0 Å². The number of hydrogen-bond donors (Lipinski definition) is 1. The Hall–Kier alpha value is -1.33. The van der Waals surface area contributed by atoms with E-state index in [9.17, 15) is 4.79 Å². The Labute approximate surface area is 116 Å². The van der Waals surface area contributed by atoms with Crippen molar-refractivity contribution in [3.63, 3.8) is 0 Å². The van der Waals surface area contributed by atoms with Crippen molar-refractivity contribution < 1.29 is 14.3 Å². The molecule has 19 heavy (non-hydrogen) atoms. The van der Waals surface area contributed by atoms with E-state index in [1.165, 1.54) is 6.20 Å². The summed E-state index contributed by atoms with van der Waals surface area (Å²) < 4.78 is 10.4. The predicted octanol–water partition coefficient (Wildman–Crippen LogP) is 2.25. The highest BCUT2D eigenvalue weighted by Gasteiger charge is 2.48. The van der Waals surface area contributed by atoms with E-state index in [0.717, 1.165) is 12.8 Å². The Morgan fingerprint density at radius 3 is 3.00 bits per heavy atom. The molecule has 2 heterocycles.